The van der Waals surface area contributed by atoms with Gasteiger partial charge in [0.2, 0.25) is 0 Å². The maximum atomic E-state index is 13.2. The van der Waals surface area contributed by atoms with Gasteiger partial charge in [-0.3, -0.25) is 4.90 Å². The number of carbonyl (C=O) groups excluding carboxylic acids is 1. The number of urea groups is 1. The normalized spacial score (nSPS) is 16.5. The summed E-state index contributed by atoms with van der Waals surface area (Å²) in [4.78, 5) is 18.5. The van der Waals surface area contributed by atoms with Crippen molar-refractivity contribution >= 4 is 28.7 Å². The molecule has 0 aliphatic carbocycles. The molecule has 0 radical (unpaired) electrons. The maximum absolute atomic E-state index is 13.2. The molecule has 0 saturated carbocycles. The van der Waals surface area contributed by atoms with E-state index in [1.54, 1.807) is 11.3 Å². The standard InChI is InChI=1S/C24H27FN4OS/c1-18(26-24(30)27-20-6-3-2-4-7-20)23(22-8-5-17-31-22)29-15-13-28(14-16-29)21-11-9-19(25)10-12-21/h2-12,17-18,23H,13-16H2,1H3,(H2,26,27,30)/t18-,23+/m0/s1. The van der Waals surface area contributed by atoms with Crippen molar-refractivity contribution in [2.24, 2.45) is 0 Å². The van der Waals surface area contributed by atoms with E-state index in [-0.39, 0.29) is 23.9 Å². The highest BCUT2D eigenvalue weighted by atomic mass is 32.1. The van der Waals surface area contributed by atoms with Gasteiger partial charge in [0, 0.05) is 48.5 Å². The van der Waals surface area contributed by atoms with E-state index in [4.69, 9.17) is 0 Å². The van der Waals surface area contributed by atoms with Crippen LogP contribution < -0.4 is 15.5 Å². The molecule has 0 unspecified atom stereocenters. The number of piperazine rings is 1. The number of rotatable bonds is 6. The lowest BCUT2D eigenvalue weighted by Crippen LogP contribution is -2.52. The first kappa shape index (κ1) is 21.3. The molecule has 7 heteroatoms. The number of hydrogen-bond donors (Lipinski definition) is 2. The van der Waals surface area contributed by atoms with Gasteiger partial charge in [0.1, 0.15) is 5.82 Å². The van der Waals surface area contributed by atoms with E-state index >= 15 is 0 Å². The highest BCUT2D eigenvalue weighted by Crippen LogP contribution is 2.30. The molecule has 3 aromatic rings. The molecule has 0 bridgehead atoms. The van der Waals surface area contributed by atoms with Crippen LogP contribution in [0.3, 0.4) is 0 Å². The molecule has 1 aromatic heterocycles. The summed E-state index contributed by atoms with van der Waals surface area (Å²) >= 11 is 1.71. The number of benzene rings is 2. The maximum Gasteiger partial charge on any atom is 0.319 e. The van der Waals surface area contributed by atoms with E-state index in [1.807, 2.05) is 42.5 Å². The van der Waals surface area contributed by atoms with Crippen LogP contribution >= 0.6 is 11.3 Å². The Hall–Kier alpha value is -2.90. The van der Waals surface area contributed by atoms with Crippen LogP contribution in [0.4, 0.5) is 20.6 Å². The molecule has 2 N–H and O–H groups in total. The molecular formula is C24H27FN4OS. The Kier molecular flexibility index (Phi) is 6.84. The predicted molar refractivity (Wildman–Crippen MR) is 125 cm³/mol. The molecule has 2 amide bonds. The molecule has 1 saturated heterocycles. The summed E-state index contributed by atoms with van der Waals surface area (Å²) in [6.07, 6.45) is 0. The minimum absolute atomic E-state index is 0.0697. The van der Waals surface area contributed by atoms with E-state index in [0.717, 1.165) is 37.6 Å². The summed E-state index contributed by atoms with van der Waals surface area (Å²) < 4.78 is 13.2. The Bertz CT molecular complexity index is 957. The minimum Gasteiger partial charge on any atom is -0.369 e. The van der Waals surface area contributed by atoms with Crippen LogP contribution in [0.25, 0.3) is 0 Å². The molecule has 162 valence electrons. The first-order chi connectivity index (χ1) is 15.1. The monoisotopic (exact) mass is 438 g/mol. The second-order valence-electron chi connectivity index (χ2n) is 7.71. The number of halogens is 1. The fourth-order valence-corrected chi connectivity index (χ4v) is 5.05. The number of nitrogens with zero attached hydrogens (tertiary/aromatic N) is 2. The Morgan fingerprint density at radius 3 is 2.32 bits per heavy atom. The van der Waals surface area contributed by atoms with Crippen molar-refractivity contribution < 1.29 is 9.18 Å². The van der Waals surface area contributed by atoms with Gasteiger partial charge in [-0.2, -0.15) is 0 Å². The number of amides is 2. The summed E-state index contributed by atoms with van der Waals surface area (Å²) in [6, 6.07) is 20.1. The summed E-state index contributed by atoms with van der Waals surface area (Å²) in [5, 5.41) is 8.11. The van der Waals surface area contributed by atoms with Crippen LogP contribution in [0.2, 0.25) is 0 Å². The molecule has 1 aliphatic rings. The van der Waals surface area contributed by atoms with E-state index in [1.165, 1.54) is 17.0 Å². The Labute approximate surface area is 186 Å². The number of hydrogen-bond acceptors (Lipinski definition) is 4. The second kappa shape index (κ2) is 9.94. The average molecular weight is 439 g/mol. The second-order valence-corrected chi connectivity index (χ2v) is 8.69. The van der Waals surface area contributed by atoms with E-state index in [2.05, 4.69) is 44.9 Å². The minimum atomic E-state index is -0.214. The highest BCUT2D eigenvalue weighted by Gasteiger charge is 2.31. The number of nitrogens with one attached hydrogen (secondary N) is 2. The van der Waals surface area contributed by atoms with Gasteiger partial charge in [-0.1, -0.05) is 24.3 Å². The van der Waals surface area contributed by atoms with Crippen molar-refractivity contribution in [3.05, 3.63) is 82.8 Å². The largest absolute Gasteiger partial charge is 0.369 e. The quantitative estimate of drug-likeness (QED) is 0.572. The summed E-state index contributed by atoms with van der Waals surface area (Å²) in [7, 11) is 0. The van der Waals surface area contributed by atoms with E-state index < -0.39 is 0 Å². The smallest absolute Gasteiger partial charge is 0.319 e. The predicted octanol–water partition coefficient (Wildman–Crippen LogP) is 4.96. The van der Waals surface area contributed by atoms with Crippen LogP contribution in [0.1, 0.15) is 17.8 Å². The van der Waals surface area contributed by atoms with Gasteiger partial charge in [-0.25, -0.2) is 9.18 Å². The van der Waals surface area contributed by atoms with Gasteiger partial charge in [0.15, 0.2) is 0 Å². The molecule has 4 rings (SSSR count). The van der Waals surface area contributed by atoms with Gasteiger partial charge >= 0.3 is 6.03 Å². The number of thiophene rings is 1. The summed E-state index contributed by atoms with van der Waals surface area (Å²) in [5.74, 6) is -0.214. The third kappa shape index (κ3) is 5.42. The zero-order chi connectivity index (χ0) is 21.6. The Morgan fingerprint density at radius 1 is 0.968 bits per heavy atom. The third-order valence-electron chi connectivity index (χ3n) is 5.60. The van der Waals surface area contributed by atoms with Crippen LogP contribution in [-0.2, 0) is 0 Å². The van der Waals surface area contributed by atoms with Crippen LogP contribution in [-0.4, -0.2) is 43.2 Å². The van der Waals surface area contributed by atoms with Crippen molar-refractivity contribution in [1.29, 1.82) is 0 Å². The summed E-state index contributed by atoms with van der Waals surface area (Å²) in [6.45, 7) is 5.51. The van der Waals surface area contributed by atoms with Crippen molar-refractivity contribution in [1.82, 2.24) is 10.2 Å². The van der Waals surface area contributed by atoms with Gasteiger partial charge in [0.05, 0.1) is 6.04 Å². The number of para-hydroxylation sites is 1. The van der Waals surface area contributed by atoms with Crippen LogP contribution in [0.5, 0.6) is 0 Å². The zero-order valence-electron chi connectivity index (χ0n) is 17.5. The average Bonchev–Trinajstić information content (AvgIpc) is 3.30. The molecule has 0 spiro atoms. The lowest BCUT2D eigenvalue weighted by Gasteiger charge is -2.42. The number of anilines is 2. The molecule has 2 atom stereocenters. The summed E-state index contributed by atoms with van der Waals surface area (Å²) in [5.41, 5.74) is 1.81. The molecule has 1 fully saturated rings. The molecule has 2 heterocycles. The zero-order valence-corrected chi connectivity index (χ0v) is 18.3. The number of carbonyl (C=O) groups is 1. The van der Waals surface area contributed by atoms with E-state index in [9.17, 15) is 9.18 Å². The lowest BCUT2D eigenvalue weighted by molar-refractivity contribution is 0.157. The fourth-order valence-electron chi connectivity index (χ4n) is 4.09. The molecule has 1 aliphatic heterocycles. The van der Waals surface area contributed by atoms with Crippen molar-refractivity contribution in [2.75, 3.05) is 36.4 Å². The molecule has 5 nitrogen and oxygen atoms in total. The van der Waals surface area contributed by atoms with Crippen molar-refractivity contribution in [2.45, 2.75) is 19.0 Å². The molecule has 31 heavy (non-hydrogen) atoms. The van der Waals surface area contributed by atoms with Gasteiger partial charge in [-0.05, 0) is 54.8 Å². The SMILES string of the molecule is C[C@H](NC(=O)Nc1ccccc1)[C@H](c1cccs1)N1CCN(c2ccc(F)cc2)CC1. The van der Waals surface area contributed by atoms with Crippen molar-refractivity contribution in [3.8, 4) is 0 Å². The highest BCUT2D eigenvalue weighted by molar-refractivity contribution is 7.10. The van der Waals surface area contributed by atoms with Crippen LogP contribution in [0, 0.1) is 5.82 Å². The van der Waals surface area contributed by atoms with Crippen LogP contribution in [0.15, 0.2) is 72.1 Å². The van der Waals surface area contributed by atoms with Gasteiger partial charge < -0.3 is 15.5 Å². The third-order valence-corrected chi connectivity index (χ3v) is 6.54. The van der Waals surface area contributed by atoms with Crippen molar-refractivity contribution in [3.63, 3.8) is 0 Å². The molecular weight excluding hydrogens is 411 g/mol. The molecule has 2 aromatic carbocycles. The first-order valence-corrected chi connectivity index (χ1v) is 11.4. The Morgan fingerprint density at radius 2 is 1.68 bits per heavy atom. The van der Waals surface area contributed by atoms with Gasteiger partial charge in [0.25, 0.3) is 0 Å². The lowest BCUT2D eigenvalue weighted by atomic mass is 10.0. The fraction of sp³-hybridized carbons (Fsp3) is 0.292. The topological polar surface area (TPSA) is 47.6 Å². The van der Waals surface area contributed by atoms with E-state index in [0.29, 0.717) is 0 Å². The Balaban J connectivity index is 1.41. The van der Waals surface area contributed by atoms with Gasteiger partial charge in [-0.15, -0.1) is 11.3 Å². The first-order valence-electron chi connectivity index (χ1n) is 10.5.